The summed E-state index contributed by atoms with van der Waals surface area (Å²) in [6, 6.07) is 11.4. The Morgan fingerprint density at radius 3 is 2.39 bits per heavy atom. The summed E-state index contributed by atoms with van der Waals surface area (Å²) in [4.78, 5) is 14.8. The molecule has 2 aromatic rings. The van der Waals surface area contributed by atoms with Crippen LogP contribution in [0.4, 0.5) is 5.69 Å². The smallest absolute Gasteiger partial charge is 0.253 e. The molecule has 1 aliphatic carbocycles. The molecule has 0 saturated heterocycles. The molecule has 150 valence electrons. The normalized spacial score (nSPS) is 20.5. The summed E-state index contributed by atoms with van der Waals surface area (Å²) >= 11 is 6.03. The number of ether oxygens (including phenoxy) is 1. The van der Waals surface area contributed by atoms with Crippen LogP contribution in [0.3, 0.4) is 0 Å². The van der Waals surface area contributed by atoms with E-state index in [2.05, 4.69) is 5.32 Å². The molecule has 1 aliphatic rings. The highest BCUT2D eigenvalue weighted by atomic mass is 35.5. The van der Waals surface area contributed by atoms with E-state index >= 15 is 0 Å². The fraction of sp³-hybridized carbons (Fsp3) is 0.316. The fourth-order valence-electron chi connectivity index (χ4n) is 3.66. The highest BCUT2D eigenvalue weighted by Crippen LogP contribution is 2.64. The van der Waals surface area contributed by atoms with Crippen LogP contribution in [-0.2, 0) is 14.8 Å². The molecule has 2 aromatic carbocycles. The lowest BCUT2D eigenvalue weighted by Crippen LogP contribution is -2.30. The number of carbonyl (C=O) groups is 1. The summed E-state index contributed by atoms with van der Waals surface area (Å²) in [5.74, 6) is 5.12. The van der Waals surface area contributed by atoms with Gasteiger partial charge >= 0.3 is 0 Å². The van der Waals surface area contributed by atoms with Crippen LogP contribution in [0.15, 0.2) is 47.4 Å². The number of hydrogen-bond donors (Lipinski definition) is 3. The Kier molecular flexibility index (Phi) is 5.42. The van der Waals surface area contributed by atoms with Crippen molar-refractivity contribution in [2.24, 2.45) is 17.2 Å². The van der Waals surface area contributed by atoms with Gasteiger partial charge in [0.2, 0.25) is 5.91 Å². The van der Waals surface area contributed by atoms with Gasteiger partial charge in [-0.3, -0.25) is 10.6 Å². The summed E-state index contributed by atoms with van der Waals surface area (Å²) in [5.41, 5.74) is 1.12. The highest BCUT2D eigenvalue weighted by molar-refractivity contribution is 7.89. The Balaban J connectivity index is 1.81. The van der Waals surface area contributed by atoms with Crippen molar-refractivity contribution in [3.8, 4) is 5.75 Å². The van der Waals surface area contributed by atoms with E-state index in [9.17, 15) is 13.2 Å². The number of benzene rings is 2. The highest BCUT2D eigenvalue weighted by Gasteiger charge is 2.62. The van der Waals surface area contributed by atoms with Crippen molar-refractivity contribution in [2.45, 2.75) is 24.7 Å². The van der Waals surface area contributed by atoms with Crippen molar-refractivity contribution < 1.29 is 17.9 Å². The third-order valence-electron chi connectivity index (χ3n) is 5.23. The average molecular weight is 424 g/mol. The third kappa shape index (κ3) is 3.73. The van der Waals surface area contributed by atoms with Crippen LogP contribution in [0.5, 0.6) is 5.75 Å². The molecule has 4 N–H and O–H groups in total. The van der Waals surface area contributed by atoms with Crippen LogP contribution in [0, 0.1) is 11.3 Å². The minimum atomic E-state index is -3.71. The third-order valence-corrected chi connectivity index (χ3v) is 6.67. The fourth-order valence-corrected chi connectivity index (χ4v) is 4.46. The molecule has 3 rings (SSSR count). The Labute approximate surface area is 169 Å². The largest absolute Gasteiger partial charge is 0.495 e. The van der Waals surface area contributed by atoms with E-state index in [-0.39, 0.29) is 28.1 Å². The van der Waals surface area contributed by atoms with E-state index in [1.807, 2.05) is 13.8 Å². The molecule has 1 amide bonds. The van der Waals surface area contributed by atoms with Crippen LogP contribution in [0.2, 0.25) is 5.02 Å². The van der Waals surface area contributed by atoms with Crippen molar-refractivity contribution in [3.63, 3.8) is 0 Å². The molecule has 0 heterocycles. The van der Waals surface area contributed by atoms with Crippen molar-refractivity contribution in [1.29, 1.82) is 0 Å². The number of sulfonamides is 1. The van der Waals surface area contributed by atoms with E-state index in [1.54, 1.807) is 35.2 Å². The van der Waals surface area contributed by atoms with Gasteiger partial charge in [0.05, 0.1) is 23.6 Å². The minimum absolute atomic E-state index is 0.0414. The van der Waals surface area contributed by atoms with Crippen molar-refractivity contribution in [1.82, 2.24) is 4.83 Å². The molecule has 1 saturated carbocycles. The Morgan fingerprint density at radius 2 is 1.82 bits per heavy atom. The zero-order chi connectivity index (χ0) is 20.7. The van der Waals surface area contributed by atoms with Gasteiger partial charge in [-0.1, -0.05) is 37.6 Å². The van der Waals surface area contributed by atoms with E-state index in [0.717, 1.165) is 5.56 Å². The van der Waals surface area contributed by atoms with Gasteiger partial charge in [-0.05, 0) is 41.3 Å². The zero-order valence-electron chi connectivity index (χ0n) is 15.7. The number of nitrogens with two attached hydrogens (primary N) is 1. The summed E-state index contributed by atoms with van der Waals surface area (Å²) in [6.45, 7) is 4.01. The number of halogens is 1. The lowest BCUT2D eigenvalue weighted by molar-refractivity contribution is -0.118. The maximum Gasteiger partial charge on any atom is 0.253 e. The van der Waals surface area contributed by atoms with Gasteiger partial charge in [-0.25, -0.2) is 8.42 Å². The first-order valence-corrected chi connectivity index (χ1v) is 10.4. The number of carbonyl (C=O) groups excluding carboxylic acids is 1. The summed E-state index contributed by atoms with van der Waals surface area (Å²) in [5, 5.41) is 3.39. The number of rotatable bonds is 6. The minimum Gasteiger partial charge on any atom is -0.495 e. The van der Waals surface area contributed by atoms with Crippen molar-refractivity contribution in [2.75, 3.05) is 12.4 Å². The quantitative estimate of drug-likeness (QED) is 0.488. The molecule has 0 aromatic heterocycles. The Morgan fingerprint density at radius 1 is 1.18 bits per heavy atom. The number of hydrazine groups is 1. The number of amides is 1. The summed E-state index contributed by atoms with van der Waals surface area (Å²) in [7, 11) is -2.19. The molecular formula is C19H22ClN3O4S. The zero-order valence-corrected chi connectivity index (χ0v) is 17.3. The molecular weight excluding hydrogens is 402 g/mol. The Bertz CT molecular complexity index is 1010. The van der Waals surface area contributed by atoms with Crippen LogP contribution in [0.1, 0.15) is 25.3 Å². The van der Waals surface area contributed by atoms with Crippen molar-refractivity contribution >= 4 is 33.2 Å². The molecule has 0 aliphatic heterocycles. The van der Waals surface area contributed by atoms with Crippen LogP contribution in [-0.4, -0.2) is 21.4 Å². The molecule has 0 bridgehead atoms. The molecule has 28 heavy (non-hydrogen) atoms. The van der Waals surface area contributed by atoms with Gasteiger partial charge in [0.25, 0.3) is 10.0 Å². The first-order valence-electron chi connectivity index (χ1n) is 8.58. The second-order valence-corrected chi connectivity index (χ2v) is 9.45. The molecule has 7 nitrogen and oxygen atoms in total. The van der Waals surface area contributed by atoms with Gasteiger partial charge in [-0.2, -0.15) is 4.83 Å². The van der Waals surface area contributed by atoms with Gasteiger partial charge in [0.15, 0.2) is 0 Å². The van der Waals surface area contributed by atoms with E-state index in [4.69, 9.17) is 22.2 Å². The molecule has 1 fully saturated rings. The van der Waals surface area contributed by atoms with Gasteiger partial charge in [0.1, 0.15) is 5.75 Å². The topological polar surface area (TPSA) is 111 Å². The molecule has 2 atom stereocenters. The van der Waals surface area contributed by atoms with Gasteiger partial charge in [0, 0.05) is 10.9 Å². The van der Waals surface area contributed by atoms with Gasteiger partial charge < -0.3 is 10.1 Å². The number of hydrogen-bond acceptors (Lipinski definition) is 5. The lowest BCUT2D eigenvalue weighted by atomic mass is 10.0. The van der Waals surface area contributed by atoms with Crippen molar-refractivity contribution in [3.05, 3.63) is 53.1 Å². The maximum atomic E-state index is 12.9. The predicted molar refractivity (Wildman–Crippen MR) is 108 cm³/mol. The molecule has 0 radical (unpaired) electrons. The predicted octanol–water partition coefficient (Wildman–Crippen LogP) is 2.88. The van der Waals surface area contributed by atoms with E-state index < -0.39 is 10.0 Å². The van der Waals surface area contributed by atoms with Crippen LogP contribution < -0.4 is 20.7 Å². The molecule has 0 unspecified atom stereocenters. The second-order valence-electron chi connectivity index (χ2n) is 7.30. The monoisotopic (exact) mass is 423 g/mol. The SMILES string of the molecule is COc1ccc(Cl)cc1NC(=O)[C@H]1[C@H](c2ccc(S(=O)(=O)NN)cc2)C1(C)C. The molecule has 9 heteroatoms. The lowest BCUT2D eigenvalue weighted by Gasteiger charge is -2.11. The van der Waals surface area contributed by atoms with E-state index in [0.29, 0.717) is 16.5 Å². The van der Waals surface area contributed by atoms with Crippen LogP contribution in [0.25, 0.3) is 0 Å². The maximum absolute atomic E-state index is 12.9. The summed E-state index contributed by atoms with van der Waals surface area (Å²) in [6.07, 6.45) is 0. The van der Waals surface area contributed by atoms with Crippen LogP contribution >= 0.6 is 11.6 Å². The number of nitrogens with one attached hydrogen (secondary N) is 2. The Hall–Kier alpha value is -2.13. The standard InChI is InChI=1S/C19H22ClN3O4S/c1-19(2)16(11-4-7-13(8-5-11)28(25,26)23-21)17(19)18(24)22-14-10-12(20)6-9-15(14)27-3/h4-10,16-17,23H,21H2,1-3H3,(H,22,24)/t16-,17+/m0/s1. The number of methoxy groups -OCH3 is 1. The average Bonchev–Trinajstić information content (AvgIpc) is 3.24. The molecule has 0 spiro atoms. The number of anilines is 1. The van der Waals surface area contributed by atoms with E-state index in [1.165, 1.54) is 19.2 Å². The summed E-state index contributed by atoms with van der Waals surface area (Å²) < 4.78 is 28.8. The second kappa shape index (κ2) is 7.36. The van der Waals surface area contributed by atoms with Gasteiger partial charge in [-0.15, -0.1) is 0 Å². The first-order chi connectivity index (χ1) is 13.1. The first kappa shape index (κ1) is 20.6.